The monoisotopic (exact) mass is 218 g/mol. The summed E-state index contributed by atoms with van der Waals surface area (Å²) in [6.45, 7) is 8.30. The Balaban J connectivity index is 2.51. The fourth-order valence-electron chi connectivity index (χ4n) is 2.94. The van der Waals surface area contributed by atoms with Gasteiger partial charge in [0.2, 0.25) is 0 Å². The van der Waals surface area contributed by atoms with Crippen molar-refractivity contribution in [3.05, 3.63) is 40.6 Å². The molecule has 1 aromatic carbocycles. The summed E-state index contributed by atoms with van der Waals surface area (Å²) in [5, 5.41) is 13.6. The number of fused-ring (bicyclic) bond motifs is 1. The van der Waals surface area contributed by atoms with E-state index < -0.39 is 0 Å². The first-order valence-corrected chi connectivity index (χ1v) is 5.99. The molecule has 1 unspecified atom stereocenters. The first-order chi connectivity index (χ1) is 7.43. The van der Waals surface area contributed by atoms with E-state index in [9.17, 15) is 5.21 Å². The molecule has 0 aromatic heterocycles. The van der Waals surface area contributed by atoms with Crippen molar-refractivity contribution in [3.8, 4) is 0 Å². The Morgan fingerprint density at radius 2 is 1.75 bits per heavy atom. The van der Waals surface area contributed by atoms with E-state index >= 15 is 0 Å². The third kappa shape index (κ3) is 1.76. The number of nitrogens with zero attached hydrogens (tertiary/aromatic N) is 1. The summed E-state index contributed by atoms with van der Waals surface area (Å²) in [7, 11) is 0. The molecule has 0 aliphatic carbocycles. The molecule has 0 fully saturated rings. The Labute approximate surface area is 97.9 Å². The molecule has 88 valence electrons. The minimum Gasteiger partial charge on any atom is -0.784 e. The summed E-state index contributed by atoms with van der Waals surface area (Å²) in [5.41, 5.74) is 2.25. The topological polar surface area (TPSA) is 26.3 Å². The van der Waals surface area contributed by atoms with E-state index in [-0.39, 0.29) is 11.6 Å². The molecular weight excluding hydrogens is 198 g/mol. The molecule has 2 rings (SSSR count). The van der Waals surface area contributed by atoms with Crippen LogP contribution in [0.4, 0.5) is 0 Å². The lowest BCUT2D eigenvalue weighted by Gasteiger charge is -2.47. The van der Waals surface area contributed by atoms with Gasteiger partial charge in [-0.2, -0.15) is 0 Å². The standard InChI is InChI=1S/C14H20NO/c1-10-9-14(3,4)15(16)11(2)13-8-6-5-7-12(10)13/h5-8,10-11H,9H2,1-4H3/q-1/t10-,11?/m1/s1. The number of hydroxylamine groups is 2. The van der Waals surface area contributed by atoms with Gasteiger partial charge in [-0.05, 0) is 44.2 Å². The SMILES string of the molecule is CC1c2ccccc2[C@H](C)CC(C)(C)N1[O-]. The first kappa shape index (κ1) is 11.6. The van der Waals surface area contributed by atoms with Crippen LogP contribution in [0.5, 0.6) is 0 Å². The average Bonchev–Trinajstić information content (AvgIpc) is 2.31. The first-order valence-electron chi connectivity index (χ1n) is 5.99. The van der Waals surface area contributed by atoms with Gasteiger partial charge in [0.05, 0.1) is 0 Å². The van der Waals surface area contributed by atoms with Crippen LogP contribution in [0.15, 0.2) is 24.3 Å². The van der Waals surface area contributed by atoms with Gasteiger partial charge in [0, 0.05) is 11.6 Å². The summed E-state index contributed by atoms with van der Waals surface area (Å²) in [5.74, 6) is 0.451. The molecule has 0 amide bonds. The molecule has 2 atom stereocenters. The Bertz CT molecular complexity index is 386. The third-order valence-corrected chi connectivity index (χ3v) is 3.73. The lowest BCUT2D eigenvalue weighted by Crippen LogP contribution is -2.40. The number of hydrogen-bond acceptors (Lipinski definition) is 2. The summed E-state index contributed by atoms with van der Waals surface area (Å²) in [6, 6.07) is 8.29. The highest BCUT2D eigenvalue weighted by Crippen LogP contribution is 2.41. The summed E-state index contributed by atoms with van der Waals surface area (Å²) in [4.78, 5) is 0. The van der Waals surface area contributed by atoms with Gasteiger partial charge in [-0.3, -0.25) is 0 Å². The summed E-state index contributed by atoms with van der Waals surface area (Å²) < 4.78 is 0. The van der Waals surface area contributed by atoms with Crippen molar-refractivity contribution in [1.29, 1.82) is 0 Å². The van der Waals surface area contributed by atoms with Crippen molar-refractivity contribution in [1.82, 2.24) is 5.06 Å². The number of hydrogen-bond donors (Lipinski definition) is 0. The molecular formula is C14H20NO-. The van der Waals surface area contributed by atoms with Gasteiger partial charge in [0.1, 0.15) is 0 Å². The molecule has 0 saturated heterocycles. The average molecular weight is 218 g/mol. The minimum atomic E-state index is -0.280. The van der Waals surface area contributed by atoms with Crippen molar-refractivity contribution in [2.45, 2.75) is 51.6 Å². The smallest absolute Gasteiger partial charge is 0.0209 e. The molecule has 1 aliphatic rings. The molecule has 2 nitrogen and oxygen atoms in total. The van der Waals surface area contributed by atoms with Gasteiger partial charge in [-0.25, -0.2) is 0 Å². The Hall–Kier alpha value is -0.860. The van der Waals surface area contributed by atoms with Crippen LogP contribution < -0.4 is 0 Å². The predicted molar refractivity (Wildman–Crippen MR) is 67.2 cm³/mol. The molecule has 2 heteroatoms. The zero-order valence-corrected chi connectivity index (χ0v) is 10.5. The van der Waals surface area contributed by atoms with Crippen LogP contribution in [-0.2, 0) is 0 Å². The zero-order chi connectivity index (χ0) is 11.9. The van der Waals surface area contributed by atoms with E-state index in [1.165, 1.54) is 16.2 Å². The highest BCUT2D eigenvalue weighted by molar-refractivity contribution is 5.34. The largest absolute Gasteiger partial charge is 0.784 e. The van der Waals surface area contributed by atoms with Crippen LogP contribution in [0.1, 0.15) is 57.2 Å². The van der Waals surface area contributed by atoms with Crippen LogP contribution >= 0.6 is 0 Å². The lowest BCUT2D eigenvalue weighted by molar-refractivity contribution is 0.131. The maximum absolute atomic E-state index is 12.3. The van der Waals surface area contributed by atoms with Crippen molar-refractivity contribution in [2.24, 2.45) is 0 Å². The lowest BCUT2D eigenvalue weighted by atomic mass is 9.87. The Kier molecular flexibility index (Phi) is 2.81. The van der Waals surface area contributed by atoms with Crippen LogP contribution in [0.25, 0.3) is 0 Å². The second kappa shape index (κ2) is 3.86. The van der Waals surface area contributed by atoms with Crippen LogP contribution in [0.2, 0.25) is 0 Å². The van der Waals surface area contributed by atoms with Crippen LogP contribution in [0, 0.1) is 5.21 Å². The number of benzene rings is 1. The van der Waals surface area contributed by atoms with Crippen LogP contribution in [0.3, 0.4) is 0 Å². The predicted octanol–water partition coefficient (Wildman–Crippen LogP) is 3.83. The van der Waals surface area contributed by atoms with E-state index in [2.05, 4.69) is 25.1 Å². The van der Waals surface area contributed by atoms with Gasteiger partial charge in [-0.1, -0.05) is 31.2 Å². The third-order valence-electron chi connectivity index (χ3n) is 3.73. The molecule has 0 spiro atoms. The molecule has 0 bridgehead atoms. The molecule has 0 N–H and O–H groups in total. The van der Waals surface area contributed by atoms with Crippen molar-refractivity contribution in [2.75, 3.05) is 0 Å². The minimum absolute atomic E-state index is 0.0452. The second-order valence-electron chi connectivity index (χ2n) is 5.55. The Morgan fingerprint density at radius 1 is 1.19 bits per heavy atom. The van der Waals surface area contributed by atoms with Gasteiger partial charge < -0.3 is 10.3 Å². The molecule has 1 aliphatic heterocycles. The van der Waals surface area contributed by atoms with E-state index in [4.69, 9.17) is 0 Å². The normalized spacial score (nSPS) is 29.6. The maximum Gasteiger partial charge on any atom is 0.0209 e. The highest BCUT2D eigenvalue weighted by atomic mass is 16.5. The van der Waals surface area contributed by atoms with E-state index in [1.54, 1.807) is 0 Å². The molecule has 16 heavy (non-hydrogen) atoms. The van der Waals surface area contributed by atoms with Crippen molar-refractivity contribution < 1.29 is 0 Å². The van der Waals surface area contributed by atoms with E-state index in [1.807, 2.05) is 26.8 Å². The Morgan fingerprint density at radius 3 is 2.38 bits per heavy atom. The molecule has 1 aromatic rings. The van der Waals surface area contributed by atoms with E-state index in [0.717, 1.165) is 6.42 Å². The second-order valence-corrected chi connectivity index (χ2v) is 5.55. The van der Waals surface area contributed by atoms with Crippen molar-refractivity contribution in [3.63, 3.8) is 0 Å². The fraction of sp³-hybridized carbons (Fsp3) is 0.571. The maximum atomic E-state index is 12.3. The zero-order valence-electron chi connectivity index (χ0n) is 10.5. The van der Waals surface area contributed by atoms with Gasteiger partial charge >= 0.3 is 0 Å². The number of rotatable bonds is 0. The molecule has 0 saturated carbocycles. The van der Waals surface area contributed by atoms with E-state index in [0.29, 0.717) is 5.92 Å². The van der Waals surface area contributed by atoms with Crippen molar-refractivity contribution >= 4 is 0 Å². The quantitative estimate of drug-likeness (QED) is 0.661. The molecule has 1 heterocycles. The van der Waals surface area contributed by atoms with Gasteiger partial charge in [0.25, 0.3) is 0 Å². The van der Waals surface area contributed by atoms with Gasteiger partial charge in [0.15, 0.2) is 0 Å². The van der Waals surface area contributed by atoms with Crippen LogP contribution in [-0.4, -0.2) is 10.6 Å². The van der Waals surface area contributed by atoms with Gasteiger partial charge in [-0.15, -0.1) is 0 Å². The highest BCUT2D eigenvalue weighted by Gasteiger charge is 2.32. The fourth-order valence-corrected chi connectivity index (χ4v) is 2.94. The summed E-state index contributed by atoms with van der Waals surface area (Å²) in [6.07, 6.45) is 0.915. The summed E-state index contributed by atoms with van der Waals surface area (Å²) >= 11 is 0. The molecule has 0 radical (unpaired) electrons.